The molecule has 0 unspecified atom stereocenters. The average Bonchev–Trinajstić information content (AvgIpc) is 3.02. The van der Waals surface area contributed by atoms with Crippen LogP contribution in [0, 0.1) is 0 Å². The number of pyridine rings is 1. The van der Waals surface area contributed by atoms with Gasteiger partial charge in [0.1, 0.15) is 0 Å². The Morgan fingerprint density at radius 3 is 2.76 bits per heavy atom. The van der Waals surface area contributed by atoms with Crippen LogP contribution in [0.25, 0.3) is 0 Å². The molecule has 0 bridgehead atoms. The lowest BCUT2D eigenvalue weighted by atomic mass is 10.3. The van der Waals surface area contributed by atoms with E-state index >= 15 is 0 Å². The highest BCUT2D eigenvalue weighted by molar-refractivity contribution is 6.28. The Bertz CT molecular complexity index is 600. The van der Waals surface area contributed by atoms with E-state index in [4.69, 9.17) is 11.6 Å². The molecule has 1 aliphatic rings. The van der Waals surface area contributed by atoms with Crippen LogP contribution in [-0.2, 0) is 6.54 Å². The van der Waals surface area contributed by atoms with Crippen LogP contribution >= 0.6 is 11.6 Å². The fourth-order valence-corrected chi connectivity index (χ4v) is 2.55. The van der Waals surface area contributed by atoms with E-state index < -0.39 is 0 Å². The van der Waals surface area contributed by atoms with Crippen molar-refractivity contribution in [1.82, 2.24) is 19.9 Å². The van der Waals surface area contributed by atoms with Crippen LogP contribution in [0.4, 0.5) is 11.9 Å². The maximum atomic E-state index is 6.05. The molecule has 110 valence electrons. The molecule has 3 heterocycles. The first kappa shape index (κ1) is 14.0. The summed E-state index contributed by atoms with van der Waals surface area (Å²) in [5.41, 5.74) is 1.10. The highest BCUT2D eigenvalue weighted by atomic mass is 35.5. The van der Waals surface area contributed by atoms with Gasteiger partial charge in [0.2, 0.25) is 17.2 Å². The first-order valence-electron chi connectivity index (χ1n) is 6.99. The second-order valence-corrected chi connectivity index (χ2v) is 5.45. The molecular formula is C14H17ClN6. The third-order valence-electron chi connectivity index (χ3n) is 3.46. The lowest BCUT2D eigenvalue weighted by Gasteiger charge is -2.20. The summed E-state index contributed by atoms with van der Waals surface area (Å²) in [6, 6.07) is 3.94. The minimum atomic E-state index is 0.236. The molecule has 2 aromatic heterocycles. The summed E-state index contributed by atoms with van der Waals surface area (Å²) in [5.74, 6) is 1.25. The summed E-state index contributed by atoms with van der Waals surface area (Å²) < 4.78 is 0. The predicted octanol–water partition coefficient (Wildman–Crippen LogP) is 2.16. The first-order chi connectivity index (χ1) is 10.2. The Morgan fingerprint density at radius 2 is 2.05 bits per heavy atom. The maximum Gasteiger partial charge on any atom is 0.231 e. The zero-order valence-electron chi connectivity index (χ0n) is 11.9. The van der Waals surface area contributed by atoms with E-state index in [2.05, 4.69) is 24.8 Å². The molecule has 0 atom stereocenters. The van der Waals surface area contributed by atoms with Crippen LogP contribution in [0.2, 0.25) is 5.28 Å². The molecule has 1 fully saturated rings. The molecule has 0 aliphatic carbocycles. The van der Waals surface area contributed by atoms with Crippen molar-refractivity contribution in [2.24, 2.45) is 0 Å². The molecule has 0 N–H and O–H groups in total. The van der Waals surface area contributed by atoms with Gasteiger partial charge in [0.15, 0.2) is 0 Å². The van der Waals surface area contributed by atoms with Gasteiger partial charge in [-0.25, -0.2) is 0 Å². The van der Waals surface area contributed by atoms with E-state index in [0.29, 0.717) is 18.4 Å². The van der Waals surface area contributed by atoms with Crippen molar-refractivity contribution in [3.8, 4) is 0 Å². The summed E-state index contributed by atoms with van der Waals surface area (Å²) in [5, 5.41) is 0.236. The number of aromatic nitrogens is 4. The van der Waals surface area contributed by atoms with Crippen LogP contribution in [0.1, 0.15) is 18.4 Å². The number of rotatable bonds is 4. The highest BCUT2D eigenvalue weighted by Gasteiger charge is 2.18. The smallest absolute Gasteiger partial charge is 0.231 e. The van der Waals surface area contributed by atoms with Gasteiger partial charge >= 0.3 is 0 Å². The number of hydrogen-bond donors (Lipinski definition) is 0. The van der Waals surface area contributed by atoms with Crippen LogP contribution in [0.3, 0.4) is 0 Å². The number of halogens is 1. The largest absolute Gasteiger partial charge is 0.341 e. The van der Waals surface area contributed by atoms with Crippen molar-refractivity contribution in [3.05, 3.63) is 35.4 Å². The fraction of sp³-hybridized carbons (Fsp3) is 0.429. The molecule has 3 rings (SSSR count). The van der Waals surface area contributed by atoms with Gasteiger partial charge in [-0.2, -0.15) is 15.0 Å². The second-order valence-electron chi connectivity index (χ2n) is 5.12. The van der Waals surface area contributed by atoms with Crippen molar-refractivity contribution < 1.29 is 0 Å². The van der Waals surface area contributed by atoms with Gasteiger partial charge in [-0.3, -0.25) is 4.98 Å². The van der Waals surface area contributed by atoms with Crippen LogP contribution < -0.4 is 9.80 Å². The fourth-order valence-electron chi connectivity index (χ4n) is 2.39. The Labute approximate surface area is 128 Å². The molecule has 1 aliphatic heterocycles. The molecule has 0 amide bonds. The molecule has 1 saturated heterocycles. The van der Waals surface area contributed by atoms with Crippen LogP contribution in [0.15, 0.2) is 24.5 Å². The molecule has 0 saturated carbocycles. The summed E-state index contributed by atoms with van der Waals surface area (Å²) in [6.07, 6.45) is 5.93. The monoisotopic (exact) mass is 304 g/mol. The normalized spacial score (nSPS) is 14.5. The average molecular weight is 305 g/mol. The predicted molar refractivity (Wildman–Crippen MR) is 82.6 cm³/mol. The van der Waals surface area contributed by atoms with Crippen molar-refractivity contribution in [1.29, 1.82) is 0 Å². The number of hydrogen-bond acceptors (Lipinski definition) is 6. The van der Waals surface area contributed by atoms with Crippen molar-refractivity contribution >= 4 is 23.5 Å². The van der Waals surface area contributed by atoms with E-state index in [1.165, 1.54) is 12.8 Å². The summed E-state index contributed by atoms with van der Waals surface area (Å²) >= 11 is 6.05. The topological polar surface area (TPSA) is 58.0 Å². The van der Waals surface area contributed by atoms with Gasteiger partial charge in [0.05, 0.1) is 0 Å². The quantitative estimate of drug-likeness (QED) is 0.863. The lowest BCUT2D eigenvalue weighted by molar-refractivity contribution is 0.822. The van der Waals surface area contributed by atoms with E-state index in [0.717, 1.165) is 18.7 Å². The van der Waals surface area contributed by atoms with E-state index in [1.807, 2.05) is 30.3 Å². The second kappa shape index (κ2) is 6.22. The Kier molecular flexibility index (Phi) is 4.15. The molecule has 0 spiro atoms. The van der Waals surface area contributed by atoms with Crippen LogP contribution in [0.5, 0.6) is 0 Å². The Hall–Kier alpha value is -1.95. The Morgan fingerprint density at radius 1 is 1.24 bits per heavy atom. The van der Waals surface area contributed by atoms with E-state index in [-0.39, 0.29) is 5.28 Å². The summed E-state index contributed by atoms with van der Waals surface area (Å²) in [6.45, 7) is 2.63. The minimum Gasteiger partial charge on any atom is -0.341 e. The molecular weight excluding hydrogens is 288 g/mol. The van der Waals surface area contributed by atoms with Gasteiger partial charge < -0.3 is 9.80 Å². The number of anilines is 2. The van der Waals surface area contributed by atoms with Crippen molar-refractivity contribution in [2.45, 2.75) is 19.4 Å². The van der Waals surface area contributed by atoms with Gasteiger partial charge in [-0.1, -0.05) is 6.07 Å². The Balaban J connectivity index is 1.80. The van der Waals surface area contributed by atoms with Gasteiger partial charge in [0.25, 0.3) is 0 Å². The third-order valence-corrected chi connectivity index (χ3v) is 3.63. The first-order valence-corrected chi connectivity index (χ1v) is 7.37. The highest BCUT2D eigenvalue weighted by Crippen LogP contribution is 2.20. The lowest BCUT2D eigenvalue weighted by Crippen LogP contribution is -2.24. The molecule has 6 nitrogen and oxygen atoms in total. The zero-order valence-corrected chi connectivity index (χ0v) is 12.7. The third kappa shape index (κ3) is 3.39. The zero-order chi connectivity index (χ0) is 14.7. The van der Waals surface area contributed by atoms with E-state index in [9.17, 15) is 0 Å². The maximum absolute atomic E-state index is 6.05. The van der Waals surface area contributed by atoms with Gasteiger partial charge in [-0.05, 0) is 36.1 Å². The van der Waals surface area contributed by atoms with E-state index in [1.54, 1.807) is 6.20 Å². The molecule has 0 aromatic carbocycles. The molecule has 2 aromatic rings. The summed E-state index contributed by atoms with van der Waals surface area (Å²) in [4.78, 5) is 21.2. The minimum absolute atomic E-state index is 0.236. The van der Waals surface area contributed by atoms with Crippen LogP contribution in [-0.4, -0.2) is 40.1 Å². The molecule has 7 heteroatoms. The summed E-state index contributed by atoms with van der Waals surface area (Å²) in [7, 11) is 1.94. The standard InChI is InChI=1S/C14H17ClN6/c1-20(10-11-5-4-6-16-9-11)13-17-12(15)18-14(19-13)21-7-2-3-8-21/h4-6,9H,2-3,7-8,10H2,1H3. The van der Waals surface area contributed by atoms with Gasteiger partial charge in [0, 0.05) is 39.1 Å². The van der Waals surface area contributed by atoms with Crippen molar-refractivity contribution in [3.63, 3.8) is 0 Å². The van der Waals surface area contributed by atoms with Gasteiger partial charge in [-0.15, -0.1) is 0 Å². The van der Waals surface area contributed by atoms with Crippen molar-refractivity contribution in [2.75, 3.05) is 29.9 Å². The molecule has 21 heavy (non-hydrogen) atoms. The molecule has 0 radical (unpaired) electrons. The SMILES string of the molecule is CN(Cc1cccnc1)c1nc(Cl)nc(N2CCCC2)n1. The number of nitrogens with zero attached hydrogens (tertiary/aromatic N) is 6.